The molecule has 0 aromatic carbocycles. The first-order valence-corrected chi connectivity index (χ1v) is 3.95. The van der Waals surface area contributed by atoms with Gasteiger partial charge in [0.1, 0.15) is 5.23 Å². The van der Waals surface area contributed by atoms with Gasteiger partial charge in [-0.15, -0.1) is 0 Å². The zero-order valence-electron chi connectivity index (χ0n) is 8.18. The second-order valence-electron chi connectivity index (χ2n) is 2.77. The lowest BCUT2D eigenvalue weighted by Gasteiger charge is -2.28. The molecule has 1 aliphatic rings. The van der Waals surface area contributed by atoms with Gasteiger partial charge in [0.15, 0.2) is 10.1 Å². The second-order valence-corrected chi connectivity index (χ2v) is 2.77. The summed E-state index contributed by atoms with van der Waals surface area (Å²) < 4.78 is 0. The molecule has 16 heteroatoms. The van der Waals surface area contributed by atoms with Crippen LogP contribution in [0.5, 0.6) is 0 Å². The molecule has 1 saturated heterocycles. The average molecular weight is 268 g/mol. The fraction of sp³-hybridized carbons (Fsp3) is 1.00. The molecule has 18 heavy (non-hydrogen) atoms. The van der Waals surface area contributed by atoms with Crippen LogP contribution in [0.15, 0.2) is 0 Å². The molecule has 0 spiro atoms. The largest absolute Gasteiger partial charge is 0.380 e. The van der Waals surface area contributed by atoms with Gasteiger partial charge in [-0.1, -0.05) is 0 Å². The molecular formula is C2H4N8O8. The highest BCUT2D eigenvalue weighted by atomic mass is 16.8. The van der Waals surface area contributed by atoms with E-state index >= 15 is 0 Å². The first-order chi connectivity index (χ1) is 8.25. The number of rotatable bonds is 4. The quantitative estimate of drug-likeness (QED) is 0.413. The van der Waals surface area contributed by atoms with Gasteiger partial charge in [-0.2, -0.15) is 0 Å². The van der Waals surface area contributed by atoms with Crippen molar-refractivity contribution in [2.24, 2.45) is 0 Å². The molecule has 1 unspecified atom stereocenters. The minimum atomic E-state index is -2.17. The SMILES string of the molecule is O=[N+]([O-])C1CN([N+](=O)[O-])N([N+](=O)[O-])NN1[N+](=O)[O-]. The molecule has 1 heterocycles. The lowest BCUT2D eigenvalue weighted by atomic mass is 10.5. The number of nitrogens with zero attached hydrogens (tertiary/aromatic N) is 7. The van der Waals surface area contributed by atoms with Gasteiger partial charge in [0, 0.05) is 5.12 Å². The Labute approximate surface area is 95.4 Å². The summed E-state index contributed by atoms with van der Waals surface area (Å²) in [5.41, 5.74) is 1.33. The number of hydrogen-bond acceptors (Lipinski definition) is 9. The maximum Gasteiger partial charge on any atom is 0.380 e. The van der Waals surface area contributed by atoms with Crippen LogP contribution in [0.3, 0.4) is 0 Å². The first-order valence-electron chi connectivity index (χ1n) is 3.95. The van der Waals surface area contributed by atoms with Gasteiger partial charge in [-0.05, 0) is 5.53 Å². The molecule has 0 aromatic rings. The van der Waals surface area contributed by atoms with Crippen LogP contribution in [0.1, 0.15) is 0 Å². The van der Waals surface area contributed by atoms with Gasteiger partial charge in [-0.3, -0.25) is 10.1 Å². The van der Waals surface area contributed by atoms with Crippen LogP contribution in [-0.4, -0.2) is 48.2 Å². The Bertz CT molecular complexity index is 334. The first kappa shape index (κ1) is 13.0. The average Bonchev–Trinajstić information content (AvgIpc) is 2.26. The van der Waals surface area contributed by atoms with Crippen LogP contribution in [0, 0.1) is 40.5 Å². The van der Waals surface area contributed by atoms with Crippen molar-refractivity contribution in [1.82, 2.24) is 21.0 Å². The van der Waals surface area contributed by atoms with E-state index in [1.165, 1.54) is 5.53 Å². The molecule has 1 rings (SSSR count). The van der Waals surface area contributed by atoms with Gasteiger partial charge in [0.2, 0.25) is 11.6 Å². The third-order valence-corrected chi connectivity index (χ3v) is 1.78. The van der Waals surface area contributed by atoms with E-state index in [1.807, 2.05) is 0 Å². The Morgan fingerprint density at radius 2 is 1.50 bits per heavy atom. The van der Waals surface area contributed by atoms with E-state index in [1.54, 1.807) is 0 Å². The van der Waals surface area contributed by atoms with Crippen molar-refractivity contribution < 1.29 is 20.0 Å². The van der Waals surface area contributed by atoms with Crippen molar-refractivity contribution in [1.29, 1.82) is 0 Å². The normalized spacial score (nSPS) is 19.6. The summed E-state index contributed by atoms with van der Waals surface area (Å²) >= 11 is 0. The maximum absolute atomic E-state index is 10.5. The van der Waals surface area contributed by atoms with E-state index in [9.17, 15) is 40.5 Å². The molecule has 0 aromatic heterocycles. The minimum absolute atomic E-state index is 0.270. The molecule has 1 N–H and O–H groups in total. The standard InChI is InChI=1S/C2H4N8O8/c11-6(12)2-1-4(8(13)14)7(10(17)18)3-5(2)9(15)16/h2-3H,1H2. The third-order valence-electron chi connectivity index (χ3n) is 1.78. The van der Waals surface area contributed by atoms with Gasteiger partial charge < -0.3 is 0 Å². The fourth-order valence-corrected chi connectivity index (χ4v) is 1.07. The second kappa shape index (κ2) is 4.45. The van der Waals surface area contributed by atoms with E-state index in [2.05, 4.69) is 0 Å². The van der Waals surface area contributed by atoms with Crippen LogP contribution < -0.4 is 5.53 Å². The van der Waals surface area contributed by atoms with Crippen molar-refractivity contribution >= 4 is 0 Å². The van der Waals surface area contributed by atoms with Crippen molar-refractivity contribution in [3.8, 4) is 0 Å². The van der Waals surface area contributed by atoms with Gasteiger partial charge >= 0.3 is 6.17 Å². The van der Waals surface area contributed by atoms with Crippen LogP contribution in [0.25, 0.3) is 0 Å². The third kappa shape index (κ3) is 2.21. The van der Waals surface area contributed by atoms with Crippen LogP contribution in [-0.2, 0) is 0 Å². The summed E-state index contributed by atoms with van der Waals surface area (Å²) in [7, 11) is 0. The number of nitrogens with one attached hydrogen (secondary N) is 1. The lowest BCUT2D eigenvalue weighted by Crippen LogP contribution is -2.73. The topological polar surface area (TPSA) is 194 Å². The predicted octanol–water partition coefficient (Wildman–Crippen LogP) is -2.58. The molecule has 100 valence electrons. The van der Waals surface area contributed by atoms with Crippen molar-refractivity contribution in [3.63, 3.8) is 0 Å². The van der Waals surface area contributed by atoms with Crippen LogP contribution in [0.4, 0.5) is 0 Å². The van der Waals surface area contributed by atoms with E-state index in [-0.39, 0.29) is 10.2 Å². The predicted molar refractivity (Wildman–Crippen MR) is 45.3 cm³/mol. The molecule has 1 fully saturated rings. The lowest BCUT2D eigenvalue weighted by molar-refractivity contribution is -0.889. The highest BCUT2D eigenvalue weighted by Crippen LogP contribution is 2.10. The van der Waals surface area contributed by atoms with Crippen molar-refractivity contribution in [2.45, 2.75) is 6.17 Å². The minimum Gasteiger partial charge on any atom is -0.262 e. The Hall–Kier alpha value is -3.04. The smallest absolute Gasteiger partial charge is 0.262 e. The molecule has 0 bridgehead atoms. The molecule has 0 radical (unpaired) electrons. The summed E-state index contributed by atoms with van der Waals surface area (Å²) in [6.07, 6.45) is -2.17. The van der Waals surface area contributed by atoms with Gasteiger partial charge in [0.05, 0.1) is 10.0 Å². The fourth-order valence-electron chi connectivity index (χ4n) is 1.07. The van der Waals surface area contributed by atoms with Crippen LogP contribution in [0.2, 0.25) is 0 Å². The maximum atomic E-state index is 10.5. The molecule has 0 saturated carbocycles. The summed E-state index contributed by atoms with van der Waals surface area (Å²) in [4.78, 5) is 40.6. The number of hydrogen-bond donors (Lipinski definition) is 1. The Morgan fingerprint density at radius 3 is 1.83 bits per heavy atom. The summed E-state index contributed by atoms with van der Waals surface area (Å²) in [6.45, 7) is -1.19. The van der Waals surface area contributed by atoms with E-state index in [0.29, 0.717) is 0 Å². The monoisotopic (exact) mass is 268 g/mol. The van der Waals surface area contributed by atoms with Crippen molar-refractivity contribution in [3.05, 3.63) is 40.5 Å². The van der Waals surface area contributed by atoms with Crippen LogP contribution >= 0.6 is 0 Å². The summed E-state index contributed by atoms with van der Waals surface area (Å²) in [5, 5.41) is 36.7. The molecule has 1 atom stereocenters. The zero-order chi connectivity index (χ0) is 14.0. The molecule has 0 amide bonds. The Morgan fingerprint density at radius 1 is 0.944 bits per heavy atom. The van der Waals surface area contributed by atoms with Gasteiger partial charge in [0.25, 0.3) is 0 Å². The summed E-state index contributed by atoms with van der Waals surface area (Å²) in [6, 6.07) is 0. The molecule has 16 nitrogen and oxygen atoms in total. The highest BCUT2D eigenvalue weighted by Gasteiger charge is 2.54. The Balaban J connectivity index is 3.06. The van der Waals surface area contributed by atoms with E-state index in [0.717, 1.165) is 0 Å². The van der Waals surface area contributed by atoms with Crippen molar-refractivity contribution in [2.75, 3.05) is 6.54 Å². The molecule has 1 aliphatic heterocycles. The molecule has 0 aliphatic carbocycles. The molecular weight excluding hydrogens is 264 g/mol. The van der Waals surface area contributed by atoms with E-state index < -0.39 is 38.0 Å². The number of hydrazine groups is 6. The van der Waals surface area contributed by atoms with E-state index in [4.69, 9.17) is 0 Å². The number of nitro groups is 4. The highest BCUT2D eigenvalue weighted by molar-refractivity contribution is 4.54. The van der Waals surface area contributed by atoms with Gasteiger partial charge in [-0.25, -0.2) is 30.3 Å². The summed E-state index contributed by atoms with van der Waals surface area (Å²) in [5.74, 6) is 0. The Kier molecular flexibility index (Phi) is 3.22. The zero-order valence-corrected chi connectivity index (χ0v) is 8.18.